The molecule has 1 amide bonds. The third kappa shape index (κ3) is 4.87. The van der Waals surface area contributed by atoms with E-state index < -0.39 is 5.54 Å². The summed E-state index contributed by atoms with van der Waals surface area (Å²) in [7, 11) is 0. The van der Waals surface area contributed by atoms with Crippen LogP contribution >= 0.6 is 0 Å². The Morgan fingerprint density at radius 3 is 3.08 bits per heavy atom. The molecular formula is C17H24N6O2. The predicted octanol–water partition coefficient (Wildman–Crippen LogP) is 0.398. The van der Waals surface area contributed by atoms with Crippen LogP contribution in [0.25, 0.3) is 0 Å². The van der Waals surface area contributed by atoms with Crippen LogP contribution in [0, 0.1) is 17.2 Å². The molecule has 1 saturated heterocycles. The summed E-state index contributed by atoms with van der Waals surface area (Å²) < 4.78 is 5.75. The molecule has 1 aromatic heterocycles. The van der Waals surface area contributed by atoms with Crippen molar-refractivity contribution in [1.29, 1.82) is 5.26 Å². The lowest BCUT2D eigenvalue weighted by molar-refractivity contribution is -0.125. The Labute approximate surface area is 147 Å². The highest BCUT2D eigenvalue weighted by Crippen LogP contribution is 2.39. The molecular weight excluding hydrogens is 320 g/mol. The average Bonchev–Trinajstić information content (AvgIpc) is 3.46. The molecule has 0 spiro atoms. The van der Waals surface area contributed by atoms with Crippen molar-refractivity contribution in [3.8, 4) is 6.07 Å². The maximum absolute atomic E-state index is 12.3. The molecule has 3 rings (SSSR count). The number of nitriles is 1. The fraction of sp³-hybridized carbons (Fsp3) is 0.647. The van der Waals surface area contributed by atoms with Crippen molar-refractivity contribution >= 4 is 11.7 Å². The summed E-state index contributed by atoms with van der Waals surface area (Å²) in [5.41, 5.74) is -0.740. The van der Waals surface area contributed by atoms with Crippen LogP contribution in [0.4, 0.5) is 5.82 Å². The average molecular weight is 344 g/mol. The van der Waals surface area contributed by atoms with E-state index in [4.69, 9.17) is 4.74 Å². The summed E-state index contributed by atoms with van der Waals surface area (Å²) in [6, 6.07) is 5.93. The van der Waals surface area contributed by atoms with Crippen LogP contribution in [0.5, 0.6) is 0 Å². The second-order valence-electron chi connectivity index (χ2n) is 6.85. The molecule has 134 valence electrons. The molecule has 2 fully saturated rings. The molecule has 8 heteroatoms. The minimum Gasteiger partial charge on any atom is -0.374 e. The first-order chi connectivity index (χ1) is 12.1. The van der Waals surface area contributed by atoms with Gasteiger partial charge in [-0.2, -0.15) is 10.4 Å². The second kappa shape index (κ2) is 7.76. The number of aromatic nitrogens is 2. The minimum atomic E-state index is -0.740. The van der Waals surface area contributed by atoms with Gasteiger partial charge in [-0.05, 0) is 37.8 Å². The number of ether oxygens (including phenoxy) is 1. The smallest absolute Gasteiger partial charge is 0.235 e. The number of nitrogens with zero attached hydrogens (tertiary/aromatic N) is 4. The SMILES string of the molecule is C[C@@](C#N)(NC(=O)CN1CCO[C@H](CNc2cccnn2)C1)C1CC1. The van der Waals surface area contributed by atoms with Crippen LogP contribution in [0.1, 0.15) is 19.8 Å². The zero-order chi connectivity index (χ0) is 17.7. The van der Waals surface area contributed by atoms with Crippen LogP contribution in [0.2, 0.25) is 0 Å². The molecule has 0 bridgehead atoms. The van der Waals surface area contributed by atoms with Gasteiger partial charge in [-0.25, -0.2) is 0 Å². The van der Waals surface area contributed by atoms with Crippen LogP contribution in [0.15, 0.2) is 18.3 Å². The van der Waals surface area contributed by atoms with Crippen molar-refractivity contribution in [1.82, 2.24) is 20.4 Å². The largest absolute Gasteiger partial charge is 0.374 e. The molecule has 1 aliphatic heterocycles. The van der Waals surface area contributed by atoms with E-state index in [0.717, 1.165) is 12.8 Å². The van der Waals surface area contributed by atoms with Crippen LogP contribution in [-0.2, 0) is 9.53 Å². The van der Waals surface area contributed by atoms with Crippen LogP contribution < -0.4 is 10.6 Å². The normalized spacial score (nSPS) is 23.3. The van der Waals surface area contributed by atoms with Gasteiger partial charge >= 0.3 is 0 Å². The van der Waals surface area contributed by atoms with Crippen molar-refractivity contribution < 1.29 is 9.53 Å². The summed E-state index contributed by atoms with van der Waals surface area (Å²) in [5, 5.41) is 23.3. The summed E-state index contributed by atoms with van der Waals surface area (Å²) in [5.74, 6) is 0.892. The molecule has 1 saturated carbocycles. The van der Waals surface area contributed by atoms with Gasteiger partial charge < -0.3 is 15.4 Å². The minimum absolute atomic E-state index is 0.0191. The van der Waals surface area contributed by atoms with Crippen molar-refractivity contribution in [3.05, 3.63) is 18.3 Å². The Morgan fingerprint density at radius 2 is 2.40 bits per heavy atom. The second-order valence-corrected chi connectivity index (χ2v) is 6.85. The Hall–Kier alpha value is -2.24. The van der Waals surface area contributed by atoms with Gasteiger partial charge in [0.25, 0.3) is 0 Å². The third-order valence-electron chi connectivity index (χ3n) is 4.70. The van der Waals surface area contributed by atoms with Gasteiger partial charge in [-0.3, -0.25) is 9.69 Å². The van der Waals surface area contributed by atoms with E-state index in [2.05, 4.69) is 31.8 Å². The van der Waals surface area contributed by atoms with E-state index in [1.54, 1.807) is 6.20 Å². The Morgan fingerprint density at radius 1 is 1.56 bits per heavy atom. The first-order valence-corrected chi connectivity index (χ1v) is 8.67. The quantitative estimate of drug-likeness (QED) is 0.738. The first-order valence-electron chi connectivity index (χ1n) is 8.67. The molecule has 2 aliphatic rings. The highest BCUT2D eigenvalue weighted by Gasteiger charge is 2.43. The number of anilines is 1. The lowest BCUT2D eigenvalue weighted by atomic mass is 9.98. The Kier molecular flexibility index (Phi) is 5.46. The van der Waals surface area contributed by atoms with Crippen molar-refractivity contribution in [2.24, 2.45) is 5.92 Å². The number of amides is 1. The Bertz CT molecular complexity index is 630. The number of morpholine rings is 1. The molecule has 0 unspecified atom stereocenters. The molecule has 25 heavy (non-hydrogen) atoms. The highest BCUT2D eigenvalue weighted by atomic mass is 16.5. The van der Waals surface area contributed by atoms with E-state index in [1.165, 1.54) is 0 Å². The van der Waals surface area contributed by atoms with Gasteiger partial charge in [-0.15, -0.1) is 5.10 Å². The Balaban J connectivity index is 1.45. The third-order valence-corrected chi connectivity index (χ3v) is 4.70. The molecule has 8 nitrogen and oxygen atoms in total. The standard InChI is InChI=1S/C17H24N6O2/c1-17(12-18,13-4-5-13)21-16(24)11-23-7-8-25-14(10-23)9-19-15-3-2-6-20-22-15/h2-3,6,13-14H,4-5,7-11H2,1H3,(H,19,22)(H,21,24)/t14-,17+/m1/s1. The fourth-order valence-corrected chi connectivity index (χ4v) is 3.08. The van der Waals surface area contributed by atoms with Crippen LogP contribution in [0.3, 0.4) is 0 Å². The zero-order valence-corrected chi connectivity index (χ0v) is 14.4. The fourth-order valence-electron chi connectivity index (χ4n) is 3.08. The van der Waals surface area contributed by atoms with E-state index in [9.17, 15) is 10.1 Å². The summed E-state index contributed by atoms with van der Waals surface area (Å²) in [6.45, 7) is 4.66. The van der Waals surface area contributed by atoms with Crippen molar-refractivity contribution in [2.75, 3.05) is 38.1 Å². The van der Waals surface area contributed by atoms with Gasteiger partial charge in [0, 0.05) is 25.8 Å². The summed E-state index contributed by atoms with van der Waals surface area (Å²) >= 11 is 0. The summed E-state index contributed by atoms with van der Waals surface area (Å²) in [4.78, 5) is 14.4. The summed E-state index contributed by atoms with van der Waals surface area (Å²) in [6.07, 6.45) is 3.63. The van der Waals surface area contributed by atoms with Crippen molar-refractivity contribution in [2.45, 2.75) is 31.4 Å². The highest BCUT2D eigenvalue weighted by molar-refractivity contribution is 5.79. The monoisotopic (exact) mass is 344 g/mol. The zero-order valence-electron chi connectivity index (χ0n) is 14.4. The van der Waals surface area contributed by atoms with Crippen molar-refractivity contribution in [3.63, 3.8) is 0 Å². The van der Waals surface area contributed by atoms with E-state index in [-0.39, 0.29) is 24.5 Å². The lowest BCUT2D eigenvalue weighted by Crippen LogP contribution is -2.53. The number of carbonyl (C=O) groups excluding carboxylic acids is 1. The molecule has 0 radical (unpaired) electrons. The molecule has 0 aromatic carbocycles. The van der Waals surface area contributed by atoms with Gasteiger partial charge in [0.1, 0.15) is 11.4 Å². The van der Waals surface area contributed by atoms with E-state index >= 15 is 0 Å². The predicted molar refractivity (Wildman–Crippen MR) is 91.6 cm³/mol. The molecule has 2 N–H and O–H groups in total. The number of hydrogen-bond donors (Lipinski definition) is 2. The maximum atomic E-state index is 12.3. The number of rotatable bonds is 7. The molecule has 1 aliphatic carbocycles. The van der Waals surface area contributed by atoms with Gasteiger partial charge in [0.05, 0.1) is 25.3 Å². The lowest BCUT2D eigenvalue weighted by Gasteiger charge is -2.33. The molecule has 2 atom stereocenters. The van der Waals surface area contributed by atoms with E-state index in [0.29, 0.717) is 32.1 Å². The van der Waals surface area contributed by atoms with Gasteiger partial charge in [-0.1, -0.05) is 0 Å². The number of nitrogens with one attached hydrogen (secondary N) is 2. The van der Waals surface area contributed by atoms with E-state index in [1.807, 2.05) is 19.1 Å². The van der Waals surface area contributed by atoms with Gasteiger partial charge in [0.2, 0.25) is 5.91 Å². The molecule has 2 heterocycles. The maximum Gasteiger partial charge on any atom is 0.235 e. The van der Waals surface area contributed by atoms with Gasteiger partial charge in [0.15, 0.2) is 0 Å². The topological polar surface area (TPSA) is 103 Å². The number of carbonyl (C=O) groups is 1. The molecule has 1 aromatic rings. The van der Waals surface area contributed by atoms with Crippen LogP contribution in [-0.4, -0.2) is 65.4 Å². The number of hydrogen-bond acceptors (Lipinski definition) is 7. The first kappa shape index (κ1) is 17.6.